The summed E-state index contributed by atoms with van der Waals surface area (Å²) < 4.78 is 6.49. The highest BCUT2D eigenvalue weighted by Crippen LogP contribution is 2.25. The molecule has 27 heavy (non-hydrogen) atoms. The Bertz CT molecular complexity index is 1240. The molecule has 0 aliphatic heterocycles. The van der Waals surface area contributed by atoms with Crippen molar-refractivity contribution in [3.63, 3.8) is 0 Å². The summed E-state index contributed by atoms with van der Waals surface area (Å²) in [6.45, 7) is 0.569. The lowest BCUT2D eigenvalue weighted by Gasteiger charge is -2.09. The van der Waals surface area contributed by atoms with Crippen molar-refractivity contribution in [2.24, 2.45) is 7.05 Å². The molecule has 1 N–H and O–H groups in total. The Morgan fingerprint density at radius 2 is 1.89 bits per heavy atom. The highest BCUT2D eigenvalue weighted by atomic mass is 16.6. The maximum atomic E-state index is 4.75. The van der Waals surface area contributed by atoms with E-state index < -0.39 is 0 Å². The molecule has 0 bridgehead atoms. The molecule has 0 saturated heterocycles. The number of rotatable bonds is 4. The number of hydrogen-bond acceptors (Lipinski definition) is 8. The first-order valence-corrected chi connectivity index (χ1v) is 8.33. The molecule has 0 saturated carbocycles. The lowest BCUT2D eigenvalue weighted by molar-refractivity contribution is 0.315. The van der Waals surface area contributed by atoms with E-state index in [-0.39, 0.29) is 0 Å². The van der Waals surface area contributed by atoms with Crippen LogP contribution in [-0.2, 0) is 13.6 Å². The van der Waals surface area contributed by atoms with Gasteiger partial charge in [-0.25, -0.2) is 14.6 Å². The van der Waals surface area contributed by atoms with Crippen molar-refractivity contribution in [1.29, 1.82) is 0 Å². The molecule has 5 aromatic rings. The molecule has 0 aliphatic rings. The second-order valence-corrected chi connectivity index (χ2v) is 6.08. The van der Waals surface area contributed by atoms with Crippen LogP contribution in [0.4, 0.5) is 5.82 Å². The van der Waals surface area contributed by atoms with Crippen molar-refractivity contribution < 1.29 is 4.63 Å². The number of hydrogen-bond donors (Lipinski definition) is 1. The summed E-state index contributed by atoms with van der Waals surface area (Å²) in [6.07, 6.45) is 5.21. The smallest absolute Gasteiger partial charge is 0.164 e. The molecule has 9 nitrogen and oxygen atoms in total. The molecule has 4 aromatic heterocycles. The summed E-state index contributed by atoms with van der Waals surface area (Å²) in [5, 5.41) is 16.3. The Morgan fingerprint density at radius 1 is 1.04 bits per heavy atom. The molecular weight excluding hydrogens is 344 g/mol. The maximum Gasteiger partial charge on any atom is 0.164 e. The summed E-state index contributed by atoms with van der Waals surface area (Å²) in [7, 11) is 1.86. The molecule has 0 aliphatic carbocycles. The van der Waals surface area contributed by atoms with E-state index >= 15 is 0 Å². The van der Waals surface area contributed by atoms with Gasteiger partial charge in [-0.2, -0.15) is 5.10 Å². The fraction of sp³-hybridized carbons (Fsp3) is 0.111. The molecule has 132 valence electrons. The number of fused-ring (bicyclic) bond motifs is 2. The Balaban J connectivity index is 1.53. The SMILES string of the molecule is Cn1ncc2c(NCc3ccc4nonc4c3)nc(-c3ccncc3)nc21. The second-order valence-electron chi connectivity index (χ2n) is 6.08. The molecule has 4 heterocycles. The fourth-order valence-corrected chi connectivity index (χ4v) is 2.91. The average molecular weight is 358 g/mol. The molecule has 0 radical (unpaired) electrons. The lowest BCUT2D eigenvalue weighted by Crippen LogP contribution is -2.04. The van der Waals surface area contributed by atoms with E-state index in [4.69, 9.17) is 9.61 Å². The highest BCUT2D eigenvalue weighted by molar-refractivity contribution is 5.88. The Labute approximate surface area is 153 Å². The molecule has 5 rings (SSSR count). The summed E-state index contributed by atoms with van der Waals surface area (Å²) in [5.41, 5.74) is 4.15. The molecule has 0 unspecified atom stereocenters. The third-order valence-electron chi connectivity index (χ3n) is 4.31. The normalized spacial score (nSPS) is 11.3. The Morgan fingerprint density at radius 3 is 2.78 bits per heavy atom. The molecule has 9 heteroatoms. The second kappa shape index (κ2) is 6.13. The zero-order chi connectivity index (χ0) is 18.2. The molecule has 0 atom stereocenters. The van der Waals surface area contributed by atoms with Gasteiger partial charge in [-0.1, -0.05) is 6.07 Å². The van der Waals surface area contributed by atoms with Gasteiger partial charge in [-0.15, -0.1) is 0 Å². The van der Waals surface area contributed by atoms with E-state index in [1.54, 1.807) is 23.3 Å². The number of aryl methyl sites for hydroxylation is 1. The van der Waals surface area contributed by atoms with Crippen LogP contribution in [0.15, 0.2) is 53.6 Å². The molecule has 0 spiro atoms. The third-order valence-corrected chi connectivity index (χ3v) is 4.31. The van der Waals surface area contributed by atoms with Gasteiger partial charge in [0.1, 0.15) is 16.9 Å². The number of anilines is 1. The van der Waals surface area contributed by atoms with Gasteiger partial charge in [-0.3, -0.25) is 9.67 Å². The summed E-state index contributed by atoms with van der Waals surface area (Å²) in [5.74, 6) is 1.34. The number of pyridine rings is 1. The van der Waals surface area contributed by atoms with Crippen LogP contribution in [0.25, 0.3) is 33.5 Å². The zero-order valence-corrected chi connectivity index (χ0v) is 14.4. The van der Waals surface area contributed by atoms with Crippen LogP contribution in [0, 0.1) is 0 Å². The molecule has 0 amide bonds. The predicted octanol–water partition coefficient (Wildman–Crippen LogP) is 2.57. The first kappa shape index (κ1) is 15.4. The molecule has 0 fully saturated rings. The van der Waals surface area contributed by atoms with Crippen LogP contribution >= 0.6 is 0 Å². The van der Waals surface area contributed by atoms with Crippen molar-refractivity contribution in [2.75, 3.05) is 5.32 Å². The maximum absolute atomic E-state index is 4.75. The third kappa shape index (κ3) is 2.74. The topological polar surface area (TPSA) is 107 Å². The van der Waals surface area contributed by atoms with Gasteiger partial charge < -0.3 is 5.32 Å². The first-order chi connectivity index (χ1) is 13.3. The van der Waals surface area contributed by atoms with Crippen molar-refractivity contribution in [3.8, 4) is 11.4 Å². The summed E-state index contributed by atoms with van der Waals surface area (Å²) in [4.78, 5) is 13.4. The Kier molecular flexibility index (Phi) is 3.49. The largest absolute Gasteiger partial charge is 0.365 e. The van der Waals surface area contributed by atoms with Crippen molar-refractivity contribution in [1.82, 2.24) is 35.0 Å². The van der Waals surface area contributed by atoms with Gasteiger partial charge in [0.2, 0.25) is 0 Å². The zero-order valence-electron chi connectivity index (χ0n) is 14.4. The number of nitrogens with one attached hydrogen (secondary N) is 1. The van der Waals surface area contributed by atoms with Gasteiger partial charge in [-0.05, 0) is 40.1 Å². The minimum atomic E-state index is 0.569. The monoisotopic (exact) mass is 358 g/mol. The van der Waals surface area contributed by atoms with E-state index in [0.717, 1.165) is 39.0 Å². The van der Waals surface area contributed by atoms with Gasteiger partial charge in [0.25, 0.3) is 0 Å². The van der Waals surface area contributed by atoms with Crippen LogP contribution < -0.4 is 5.32 Å². The van der Waals surface area contributed by atoms with E-state index in [0.29, 0.717) is 12.4 Å². The van der Waals surface area contributed by atoms with Crippen LogP contribution in [0.3, 0.4) is 0 Å². The van der Waals surface area contributed by atoms with E-state index in [1.165, 1.54) is 0 Å². The van der Waals surface area contributed by atoms with Crippen molar-refractivity contribution in [3.05, 3.63) is 54.5 Å². The van der Waals surface area contributed by atoms with Crippen LogP contribution in [0.1, 0.15) is 5.56 Å². The van der Waals surface area contributed by atoms with E-state index in [9.17, 15) is 0 Å². The summed E-state index contributed by atoms with van der Waals surface area (Å²) in [6, 6.07) is 9.56. The first-order valence-electron chi connectivity index (χ1n) is 8.33. The number of aromatic nitrogens is 7. The van der Waals surface area contributed by atoms with Crippen LogP contribution in [0.5, 0.6) is 0 Å². The molecule has 1 aromatic carbocycles. The summed E-state index contributed by atoms with van der Waals surface area (Å²) >= 11 is 0. The predicted molar refractivity (Wildman–Crippen MR) is 98.7 cm³/mol. The van der Waals surface area contributed by atoms with E-state index in [1.807, 2.05) is 37.4 Å². The van der Waals surface area contributed by atoms with Crippen molar-refractivity contribution >= 4 is 27.9 Å². The minimum Gasteiger partial charge on any atom is -0.365 e. The van der Waals surface area contributed by atoms with Crippen LogP contribution in [0.2, 0.25) is 0 Å². The quantitative estimate of drug-likeness (QED) is 0.522. The van der Waals surface area contributed by atoms with Gasteiger partial charge >= 0.3 is 0 Å². The van der Waals surface area contributed by atoms with Crippen molar-refractivity contribution in [2.45, 2.75) is 6.54 Å². The van der Waals surface area contributed by atoms with Crippen LogP contribution in [-0.4, -0.2) is 35.0 Å². The standard InChI is InChI=1S/C18H14N8O/c1-26-18-13(10-21-26)17(22-16(23-18)12-4-6-19-7-5-12)20-9-11-2-3-14-15(8-11)25-27-24-14/h2-8,10H,9H2,1H3,(H,20,22,23). The number of benzene rings is 1. The Hall–Kier alpha value is -3.88. The van der Waals surface area contributed by atoms with Gasteiger partial charge in [0.05, 0.1) is 11.6 Å². The fourth-order valence-electron chi connectivity index (χ4n) is 2.91. The van der Waals surface area contributed by atoms with Gasteiger partial charge in [0.15, 0.2) is 11.5 Å². The highest BCUT2D eigenvalue weighted by Gasteiger charge is 2.13. The molecular formula is C18H14N8O. The van der Waals surface area contributed by atoms with Gasteiger partial charge in [0, 0.05) is 31.5 Å². The number of nitrogens with zero attached hydrogens (tertiary/aromatic N) is 7. The van der Waals surface area contributed by atoms with E-state index in [2.05, 4.69) is 30.7 Å². The minimum absolute atomic E-state index is 0.569. The lowest BCUT2D eigenvalue weighted by atomic mass is 10.2. The average Bonchev–Trinajstić information content (AvgIpc) is 3.33.